The lowest BCUT2D eigenvalue weighted by atomic mass is 9.90. The van der Waals surface area contributed by atoms with Gasteiger partial charge < -0.3 is 10.1 Å². The van der Waals surface area contributed by atoms with Crippen LogP contribution in [-0.4, -0.2) is 19.7 Å². The van der Waals surface area contributed by atoms with Crippen molar-refractivity contribution in [2.75, 3.05) is 13.7 Å². The van der Waals surface area contributed by atoms with Gasteiger partial charge in [-0.2, -0.15) is 0 Å². The third kappa shape index (κ3) is 1.95. The molecule has 1 aliphatic heterocycles. The summed E-state index contributed by atoms with van der Waals surface area (Å²) in [5, 5.41) is 3.46. The van der Waals surface area contributed by atoms with E-state index in [0.29, 0.717) is 12.0 Å². The SMILES string of the molecule is CNC1CCCC1c1cccc2c1OCCC2. The molecule has 0 spiro atoms. The Bertz CT molecular complexity index is 402. The van der Waals surface area contributed by atoms with Gasteiger partial charge in [-0.15, -0.1) is 0 Å². The fourth-order valence-electron chi connectivity index (χ4n) is 3.38. The first-order chi connectivity index (χ1) is 8.40. The van der Waals surface area contributed by atoms with E-state index in [1.165, 1.54) is 42.6 Å². The molecule has 2 aliphatic rings. The van der Waals surface area contributed by atoms with Crippen LogP contribution in [-0.2, 0) is 6.42 Å². The van der Waals surface area contributed by atoms with Crippen LogP contribution in [0.1, 0.15) is 42.7 Å². The van der Waals surface area contributed by atoms with Gasteiger partial charge in [-0.05, 0) is 43.9 Å². The standard InChI is InChI=1S/C15H21NO/c1-16-14-9-3-7-12(14)13-8-2-5-11-6-4-10-17-15(11)13/h2,5,8,12,14,16H,3-4,6-7,9-10H2,1H3. The molecule has 1 aliphatic carbocycles. The fraction of sp³-hybridized carbons (Fsp3) is 0.600. The van der Waals surface area contributed by atoms with Gasteiger partial charge in [-0.25, -0.2) is 0 Å². The van der Waals surface area contributed by atoms with E-state index in [1.54, 1.807) is 0 Å². The molecule has 3 rings (SSSR count). The highest BCUT2D eigenvalue weighted by Gasteiger charge is 2.30. The number of nitrogens with one attached hydrogen (secondary N) is 1. The van der Waals surface area contributed by atoms with Crippen LogP contribution >= 0.6 is 0 Å². The van der Waals surface area contributed by atoms with Crippen LogP contribution in [0, 0.1) is 0 Å². The van der Waals surface area contributed by atoms with Gasteiger partial charge in [0.05, 0.1) is 6.61 Å². The second kappa shape index (κ2) is 4.69. The quantitative estimate of drug-likeness (QED) is 0.845. The normalized spacial score (nSPS) is 27.6. The van der Waals surface area contributed by atoms with E-state index in [9.17, 15) is 0 Å². The average Bonchev–Trinajstić information content (AvgIpc) is 2.86. The Labute approximate surface area is 103 Å². The van der Waals surface area contributed by atoms with Crippen LogP contribution in [0.3, 0.4) is 0 Å². The van der Waals surface area contributed by atoms with Gasteiger partial charge in [0.1, 0.15) is 5.75 Å². The van der Waals surface area contributed by atoms with Gasteiger partial charge in [0, 0.05) is 12.0 Å². The van der Waals surface area contributed by atoms with Crippen molar-refractivity contribution in [1.29, 1.82) is 0 Å². The minimum Gasteiger partial charge on any atom is -0.493 e. The smallest absolute Gasteiger partial charge is 0.126 e. The van der Waals surface area contributed by atoms with Crippen molar-refractivity contribution >= 4 is 0 Å². The molecule has 0 saturated heterocycles. The maximum absolute atomic E-state index is 5.93. The number of hydrogen-bond acceptors (Lipinski definition) is 2. The first-order valence-corrected chi connectivity index (χ1v) is 6.82. The van der Waals surface area contributed by atoms with Crippen molar-refractivity contribution in [2.45, 2.75) is 44.1 Å². The van der Waals surface area contributed by atoms with Gasteiger partial charge >= 0.3 is 0 Å². The van der Waals surface area contributed by atoms with Crippen molar-refractivity contribution in [3.8, 4) is 5.75 Å². The van der Waals surface area contributed by atoms with Crippen LogP contribution in [0.2, 0.25) is 0 Å². The number of likely N-dealkylation sites (N-methyl/N-ethyl adjacent to an activating group) is 1. The van der Waals surface area contributed by atoms with Crippen LogP contribution in [0.5, 0.6) is 5.75 Å². The van der Waals surface area contributed by atoms with Crippen LogP contribution < -0.4 is 10.1 Å². The molecule has 92 valence electrons. The summed E-state index contributed by atoms with van der Waals surface area (Å²) >= 11 is 0. The van der Waals surface area contributed by atoms with E-state index in [0.717, 1.165) is 13.0 Å². The first-order valence-electron chi connectivity index (χ1n) is 6.82. The lowest BCUT2D eigenvalue weighted by molar-refractivity contribution is 0.282. The lowest BCUT2D eigenvalue weighted by Gasteiger charge is -2.26. The highest BCUT2D eigenvalue weighted by molar-refractivity contribution is 5.45. The zero-order chi connectivity index (χ0) is 11.7. The molecule has 1 N–H and O–H groups in total. The largest absolute Gasteiger partial charge is 0.493 e. The van der Waals surface area contributed by atoms with Crippen LogP contribution in [0.15, 0.2) is 18.2 Å². The molecular formula is C15H21NO. The maximum Gasteiger partial charge on any atom is 0.126 e. The van der Waals surface area contributed by atoms with Gasteiger partial charge in [-0.1, -0.05) is 24.6 Å². The maximum atomic E-state index is 5.93. The van der Waals surface area contributed by atoms with E-state index >= 15 is 0 Å². The number of rotatable bonds is 2. The summed E-state index contributed by atoms with van der Waals surface area (Å²) < 4.78 is 5.93. The number of aryl methyl sites for hydroxylation is 1. The van der Waals surface area contributed by atoms with E-state index in [2.05, 4.69) is 30.6 Å². The van der Waals surface area contributed by atoms with Crippen LogP contribution in [0.25, 0.3) is 0 Å². The summed E-state index contributed by atoms with van der Waals surface area (Å²) in [6.07, 6.45) is 6.27. The third-order valence-corrected chi connectivity index (χ3v) is 4.25. The zero-order valence-electron chi connectivity index (χ0n) is 10.5. The molecule has 17 heavy (non-hydrogen) atoms. The minimum absolute atomic E-state index is 0.632. The number of para-hydroxylation sites is 1. The Morgan fingerprint density at radius 3 is 3.06 bits per heavy atom. The molecule has 1 heterocycles. The van der Waals surface area contributed by atoms with Crippen molar-refractivity contribution in [3.63, 3.8) is 0 Å². The second-order valence-electron chi connectivity index (χ2n) is 5.22. The zero-order valence-corrected chi connectivity index (χ0v) is 10.5. The summed E-state index contributed by atoms with van der Waals surface area (Å²) in [4.78, 5) is 0. The number of ether oxygens (including phenoxy) is 1. The number of fused-ring (bicyclic) bond motifs is 1. The summed E-state index contributed by atoms with van der Waals surface area (Å²) in [7, 11) is 2.08. The van der Waals surface area contributed by atoms with Crippen molar-refractivity contribution in [3.05, 3.63) is 29.3 Å². The minimum atomic E-state index is 0.632. The fourth-order valence-corrected chi connectivity index (χ4v) is 3.38. The summed E-state index contributed by atoms with van der Waals surface area (Å²) in [6.45, 7) is 0.890. The Hall–Kier alpha value is -1.02. The van der Waals surface area contributed by atoms with E-state index in [-0.39, 0.29) is 0 Å². The van der Waals surface area contributed by atoms with E-state index in [4.69, 9.17) is 4.74 Å². The Kier molecular flexibility index (Phi) is 3.06. The molecule has 0 radical (unpaired) electrons. The molecule has 0 bridgehead atoms. The van der Waals surface area contributed by atoms with Crippen LogP contribution in [0.4, 0.5) is 0 Å². The lowest BCUT2D eigenvalue weighted by Crippen LogP contribution is -2.28. The van der Waals surface area contributed by atoms with Crippen molar-refractivity contribution in [1.82, 2.24) is 5.32 Å². The van der Waals surface area contributed by atoms with Gasteiger partial charge in [0.2, 0.25) is 0 Å². The molecule has 2 heteroatoms. The predicted octanol–water partition coefficient (Wildman–Crippen LogP) is 2.87. The molecule has 1 fully saturated rings. The molecule has 0 amide bonds. The predicted molar refractivity (Wildman–Crippen MR) is 69.7 cm³/mol. The Morgan fingerprint density at radius 1 is 1.24 bits per heavy atom. The molecule has 2 atom stereocenters. The second-order valence-corrected chi connectivity index (χ2v) is 5.22. The Balaban J connectivity index is 1.97. The van der Waals surface area contributed by atoms with Gasteiger partial charge in [-0.3, -0.25) is 0 Å². The molecule has 2 unspecified atom stereocenters. The van der Waals surface area contributed by atoms with Crippen molar-refractivity contribution in [2.24, 2.45) is 0 Å². The van der Waals surface area contributed by atoms with Gasteiger partial charge in [0.15, 0.2) is 0 Å². The monoisotopic (exact) mass is 231 g/mol. The summed E-state index contributed by atoms with van der Waals surface area (Å²) in [5.41, 5.74) is 2.86. The summed E-state index contributed by atoms with van der Waals surface area (Å²) in [5.74, 6) is 1.85. The Morgan fingerprint density at radius 2 is 2.18 bits per heavy atom. The highest BCUT2D eigenvalue weighted by atomic mass is 16.5. The highest BCUT2D eigenvalue weighted by Crippen LogP contribution is 2.41. The van der Waals surface area contributed by atoms with E-state index in [1.807, 2.05) is 0 Å². The number of hydrogen-bond donors (Lipinski definition) is 1. The van der Waals surface area contributed by atoms with E-state index < -0.39 is 0 Å². The first kappa shape index (κ1) is 11.1. The molecule has 2 nitrogen and oxygen atoms in total. The molecule has 1 aromatic rings. The topological polar surface area (TPSA) is 21.3 Å². The molecular weight excluding hydrogens is 210 g/mol. The molecule has 1 saturated carbocycles. The molecule has 1 aromatic carbocycles. The summed E-state index contributed by atoms with van der Waals surface area (Å²) in [6, 6.07) is 7.33. The average molecular weight is 231 g/mol. The van der Waals surface area contributed by atoms with Crippen molar-refractivity contribution < 1.29 is 4.74 Å². The number of benzene rings is 1. The van der Waals surface area contributed by atoms with Gasteiger partial charge in [0.25, 0.3) is 0 Å². The third-order valence-electron chi connectivity index (χ3n) is 4.25. The molecule has 0 aromatic heterocycles.